The first-order valence-corrected chi connectivity index (χ1v) is 18.4. The average molecular weight is 687 g/mol. The standard InChI is InChI=1S/C50H30N4/c1-2-14-31(15-3-1)49-50(52-42-23-11-10-22-41(42)51-49)54-44-25-13-9-21-39(44)48-46(54)29-28-45-47(48)38-20-8-12-24-43(38)53(45)32-26-27-37-35-18-5-4-16-33(35)34-17-6-7-19-36(34)40(37)30-32/h1-30H. The molecule has 0 amide bonds. The highest BCUT2D eigenvalue weighted by Gasteiger charge is 2.23. The van der Waals surface area contributed by atoms with E-state index < -0.39 is 0 Å². The van der Waals surface area contributed by atoms with Gasteiger partial charge in [0, 0.05) is 32.8 Å². The Labute approximate surface area is 309 Å². The van der Waals surface area contributed by atoms with E-state index in [4.69, 9.17) is 9.97 Å². The predicted molar refractivity (Wildman–Crippen MR) is 226 cm³/mol. The normalized spacial score (nSPS) is 12.1. The van der Waals surface area contributed by atoms with E-state index in [2.05, 4.69) is 167 Å². The molecule has 4 nitrogen and oxygen atoms in total. The van der Waals surface area contributed by atoms with E-state index in [-0.39, 0.29) is 0 Å². The number of nitrogens with zero attached hydrogens (tertiary/aromatic N) is 4. The van der Waals surface area contributed by atoms with Crippen molar-refractivity contribution in [2.45, 2.75) is 0 Å². The van der Waals surface area contributed by atoms with Crippen molar-refractivity contribution >= 4 is 87.0 Å². The summed E-state index contributed by atoms with van der Waals surface area (Å²) >= 11 is 0. The molecule has 0 bridgehead atoms. The zero-order chi connectivity index (χ0) is 35.3. The van der Waals surface area contributed by atoms with E-state index in [1.54, 1.807) is 0 Å². The summed E-state index contributed by atoms with van der Waals surface area (Å²) in [5, 5.41) is 12.5. The van der Waals surface area contributed by atoms with Crippen LogP contribution < -0.4 is 0 Å². The summed E-state index contributed by atoms with van der Waals surface area (Å²) in [5.41, 5.74) is 9.33. The third-order valence-electron chi connectivity index (χ3n) is 11.3. The lowest BCUT2D eigenvalue weighted by Gasteiger charge is -2.14. The Morgan fingerprint density at radius 3 is 1.41 bits per heavy atom. The van der Waals surface area contributed by atoms with Gasteiger partial charge in [-0.05, 0) is 80.8 Å². The fourth-order valence-electron chi connectivity index (χ4n) is 9.00. The van der Waals surface area contributed by atoms with Crippen LogP contribution in [-0.2, 0) is 0 Å². The summed E-state index contributed by atoms with van der Waals surface area (Å²) in [6.45, 7) is 0. The van der Waals surface area contributed by atoms with E-state index in [1.807, 2.05) is 24.3 Å². The molecule has 0 saturated heterocycles. The van der Waals surface area contributed by atoms with E-state index in [0.717, 1.165) is 44.8 Å². The number of benzene rings is 9. The van der Waals surface area contributed by atoms with Crippen LogP contribution in [0.25, 0.3) is 110 Å². The van der Waals surface area contributed by atoms with Crippen molar-refractivity contribution in [3.05, 3.63) is 182 Å². The van der Waals surface area contributed by atoms with E-state index in [9.17, 15) is 0 Å². The highest BCUT2D eigenvalue weighted by molar-refractivity contribution is 6.29. The summed E-state index contributed by atoms with van der Waals surface area (Å²) in [6.07, 6.45) is 0. The van der Waals surface area contributed by atoms with Gasteiger partial charge in [0.2, 0.25) is 0 Å². The number of rotatable bonds is 3. The fourth-order valence-corrected chi connectivity index (χ4v) is 9.00. The van der Waals surface area contributed by atoms with Crippen molar-refractivity contribution in [1.29, 1.82) is 0 Å². The molecule has 0 saturated carbocycles. The molecule has 0 aliphatic heterocycles. The van der Waals surface area contributed by atoms with Crippen molar-refractivity contribution in [2.24, 2.45) is 0 Å². The molecule has 0 aliphatic rings. The van der Waals surface area contributed by atoms with Gasteiger partial charge in [-0.1, -0.05) is 133 Å². The van der Waals surface area contributed by atoms with Crippen LogP contribution in [0.1, 0.15) is 0 Å². The molecule has 9 aromatic carbocycles. The van der Waals surface area contributed by atoms with Gasteiger partial charge in [0.05, 0.1) is 33.1 Å². The molecule has 0 atom stereocenters. The Bertz CT molecular complexity index is 3460. The first-order valence-electron chi connectivity index (χ1n) is 18.4. The van der Waals surface area contributed by atoms with Crippen molar-refractivity contribution in [3.63, 3.8) is 0 Å². The molecule has 3 heterocycles. The van der Waals surface area contributed by atoms with Gasteiger partial charge in [-0.25, -0.2) is 9.97 Å². The lowest BCUT2D eigenvalue weighted by atomic mass is 9.94. The zero-order valence-electron chi connectivity index (χ0n) is 29.1. The van der Waals surface area contributed by atoms with Crippen molar-refractivity contribution < 1.29 is 0 Å². The van der Waals surface area contributed by atoms with E-state index >= 15 is 0 Å². The minimum atomic E-state index is 0.822. The van der Waals surface area contributed by atoms with Gasteiger partial charge in [-0.15, -0.1) is 0 Å². The molecule has 12 aromatic rings. The SMILES string of the molecule is c1ccc(-c2nc3ccccc3nc2-n2c3ccccc3c3c4c5ccccc5n(-c5ccc6c7ccccc7c7ccccc7c6c5)c4ccc32)cc1. The maximum atomic E-state index is 5.36. The molecule has 0 fully saturated rings. The molecule has 12 rings (SSSR count). The maximum Gasteiger partial charge on any atom is 0.165 e. The smallest absolute Gasteiger partial charge is 0.165 e. The van der Waals surface area contributed by atoms with Gasteiger partial charge < -0.3 is 4.57 Å². The van der Waals surface area contributed by atoms with Crippen molar-refractivity contribution in [3.8, 4) is 22.8 Å². The van der Waals surface area contributed by atoms with Crippen LogP contribution >= 0.6 is 0 Å². The minimum Gasteiger partial charge on any atom is -0.309 e. The predicted octanol–water partition coefficient (Wildman–Crippen LogP) is 13.0. The average Bonchev–Trinajstić information content (AvgIpc) is 3.76. The van der Waals surface area contributed by atoms with Gasteiger partial charge in [-0.2, -0.15) is 0 Å². The molecular weight excluding hydrogens is 657 g/mol. The third kappa shape index (κ3) is 4.02. The molecule has 0 aliphatic carbocycles. The van der Waals surface area contributed by atoms with Crippen LogP contribution in [0.5, 0.6) is 0 Å². The third-order valence-corrected chi connectivity index (χ3v) is 11.3. The van der Waals surface area contributed by atoms with Crippen LogP contribution in [0, 0.1) is 0 Å². The lowest BCUT2D eigenvalue weighted by Crippen LogP contribution is -2.03. The molecule has 0 radical (unpaired) electrons. The largest absolute Gasteiger partial charge is 0.309 e. The quantitative estimate of drug-likeness (QED) is 0.173. The summed E-state index contributed by atoms with van der Waals surface area (Å²) < 4.78 is 4.77. The lowest BCUT2D eigenvalue weighted by molar-refractivity contribution is 1.08. The molecular formula is C50H30N4. The van der Waals surface area contributed by atoms with E-state index in [1.165, 1.54) is 64.9 Å². The molecule has 0 spiro atoms. The Morgan fingerprint density at radius 1 is 0.315 bits per heavy atom. The number of fused-ring (bicyclic) bond motifs is 14. The summed E-state index contributed by atoms with van der Waals surface area (Å²) in [6, 6.07) is 65.3. The minimum absolute atomic E-state index is 0.822. The first-order chi connectivity index (χ1) is 26.8. The molecule has 0 N–H and O–H groups in total. The second kappa shape index (κ2) is 11.1. The van der Waals surface area contributed by atoms with Gasteiger partial charge in [0.15, 0.2) is 5.82 Å². The molecule has 3 aromatic heterocycles. The van der Waals surface area contributed by atoms with Crippen LogP contribution in [0.4, 0.5) is 0 Å². The van der Waals surface area contributed by atoms with Gasteiger partial charge in [-0.3, -0.25) is 4.57 Å². The monoisotopic (exact) mass is 686 g/mol. The second-order valence-corrected chi connectivity index (χ2v) is 14.1. The Morgan fingerprint density at radius 2 is 0.778 bits per heavy atom. The Balaban J connectivity index is 1.20. The van der Waals surface area contributed by atoms with Crippen molar-refractivity contribution in [2.75, 3.05) is 0 Å². The molecule has 4 heteroatoms. The van der Waals surface area contributed by atoms with Gasteiger partial charge in [0.1, 0.15) is 5.69 Å². The zero-order valence-corrected chi connectivity index (χ0v) is 29.1. The molecule has 250 valence electrons. The topological polar surface area (TPSA) is 35.6 Å². The van der Waals surface area contributed by atoms with Crippen LogP contribution in [0.15, 0.2) is 182 Å². The van der Waals surface area contributed by atoms with E-state index in [0.29, 0.717) is 0 Å². The highest BCUT2D eigenvalue weighted by Crippen LogP contribution is 2.44. The Kier molecular flexibility index (Phi) is 6.02. The number of hydrogen-bond acceptors (Lipinski definition) is 2. The number of aromatic nitrogens is 4. The van der Waals surface area contributed by atoms with Gasteiger partial charge in [0.25, 0.3) is 0 Å². The summed E-state index contributed by atoms with van der Waals surface area (Å²) in [4.78, 5) is 10.6. The fraction of sp³-hybridized carbons (Fsp3) is 0. The molecule has 0 unspecified atom stereocenters. The highest BCUT2D eigenvalue weighted by atomic mass is 15.1. The number of hydrogen-bond donors (Lipinski definition) is 0. The first kappa shape index (κ1) is 29.3. The summed E-state index contributed by atoms with van der Waals surface area (Å²) in [7, 11) is 0. The van der Waals surface area contributed by atoms with Crippen molar-refractivity contribution in [1.82, 2.24) is 19.1 Å². The maximum absolute atomic E-state index is 5.36. The van der Waals surface area contributed by atoms with Crippen LogP contribution in [0.2, 0.25) is 0 Å². The van der Waals surface area contributed by atoms with Crippen LogP contribution in [-0.4, -0.2) is 19.1 Å². The number of para-hydroxylation sites is 4. The summed E-state index contributed by atoms with van der Waals surface area (Å²) in [5.74, 6) is 0.822. The van der Waals surface area contributed by atoms with Crippen LogP contribution in [0.3, 0.4) is 0 Å². The van der Waals surface area contributed by atoms with Gasteiger partial charge >= 0.3 is 0 Å². The Hall–Kier alpha value is -7.30. The molecule has 54 heavy (non-hydrogen) atoms. The second-order valence-electron chi connectivity index (χ2n) is 14.1.